The summed E-state index contributed by atoms with van der Waals surface area (Å²) >= 11 is 0. The van der Waals surface area contributed by atoms with Crippen molar-refractivity contribution in [1.82, 2.24) is 25.1 Å². The molecule has 0 unspecified atom stereocenters. The van der Waals surface area contributed by atoms with Crippen molar-refractivity contribution in [3.8, 4) is 0 Å². The number of nitrogens with one attached hydrogen (secondary N) is 2. The fraction of sp³-hybridized carbons (Fsp3) is 0.467. The van der Waals surface area contributed by atoms with E-state index in [-0.39, 0.29) is 6.03 Å². The maximum atomic E-state index is 12.0. The lowest BCUT2D eigenvalue weighted by atomic mass is 10.3. The van der Waals surface area contributed by atoms with E-state index in [4.69, 9.17) is 0 Å². The molecule has 0 fully saturated rings. The Labute approximate surface area is 130 Å². The van der Waals surface area contributed by atoms with E-state index in [0.717, 1.165) is 35.7 Å². The smallest absolute Gasteiger partial charge is 0.319 e. The fourth-order valence-corrected chi connectivity index (χ4v) is 2.23. The number of hydrogen-bond donors (Lipinski definition) is 2. The largest absolute Gasteiger partial charge is 0.337 e. The molecule has 0 atom stereocenters. The van der Waals surface area contributed by atoms with Crippen molar-refractivity contribution in [3.63, 3.8) is 0 Å². The number of carbonyl (C=O) groups excluding carboxylic acids is 1. The summed E-state index contributed by atoms with van der Waals surface area (Å²) in [4.78, 5) is 20.1. The molecule has 7 nitrogen and oxygen atoms in total. The second kappa shape index (κ2) is 7.53. The van der Waals surface area contributed by atoms with Crippen molar-refractivity contribution in [2.24, 2.45) is 0 Å². The first-order chi connectivity index (χ1) is 10.6. The van der Waals surface area contributed by atoms with Crippen molar-refractivity contribution in [1.29, 1.82) is 0 Å². The molecule has 2 amide bonds. The maximum Gasteiger partial charge on any atom is 0.319 e. The lowest BCUT2D eigenvalue weighted by molar-refractivity contribution is 0.252. The topological polar surface area (TPSA) is 84.7 Å². The van der Waals surface area contributed by atoms with Crippen molar-refractivity contribution < 1.29 is 4.79 Å². The molecule has 118 valence electrons. The molecule has 0 aliphatic heterocycles. The zero-order chi connectivity index (χ0) is 15.9. The monoisotopic (exact) mass is 302 g/mol. The third kappa shape index (κ3) is 4.03. The summed E-state index contributed by atoms with van der Waals surface area (Å²) in [6, 6.07) is -0.230. The number of aryl methyl sites for hydroxylation is 2. The molecule has 0 saturated carbocycles. The molecule has 0 aromatic carbocycles. The third-order valence-electron chi connectivity index (χ3n) is 3.34. The Morgan fingerprint density at radius 2 is 2.14 bits per heavy atom. The number of urea groups is 1. The van der Waals surface area contributed by atoms with E-state index in [1.54, 1.807) is 18.6 Å². The van der Waals surface area contributed by atoms with E-state index in [2.05, 4.69) is 32.6 Å². The van der Waals surface area contributed by atoms with Crippen LogP contribution < -0.4 is 10.6 Å². The molecule has 22 heavy (non-hydrogen) atoms. The van der Waals surface area contributed by atoms with Gasteiger partial charge in [0.1, 0.15) is 0 Å². The van der Waals surface area contributed by atoms with Crippen LogP contribution in [0.25, 0.3) is 0 Å². The van der Waals surface area contributed by atoms with Gasteiger partial charge in [-0.15, -0.1) is 0 Å². The third-order valence-corrected chi connectivity index (χ3v) is 3.34. The van der Waals surface area contributed by atoms with Crippen molar-refractivity contribution in [3.05, 3.63) is 35.7 Å². The quantitative estimate of drug-likeness (QED) is 0.855. The summed E-state index contributed by atoms with van der Waals surface area (Å²) in [7, 11) is 0. The molecule has 2 rings (SSSR count). The first-order valence-corrected chi connectivity index (χ1v) is 7.45. The summed E-state index contributed by atoms with van der Waals surface area (Å²) in [5.41, 5.74) is 3.44. The number of rotatable bonds is 6. The molecule has 2 aromatic heterocycles. The molecule has 2 aromatic rings. The van der Waals surface area contributed by atoms with E-state index >= 15 is 0 Å². The molecule has 0 spiro atoms. The van der Waals surface area contributed by atoms with Gasteiger partial charge in [0.25, 0.3) is 0 Å². The van der Waals surface area contributed by atoms with Gasteiger partial charge in [-0.25, -0.2) is 4.79 Å². The van der Waals surface area contributed by atoms with Gasteiger partial charge in [-0.1, -0.05) is 6.92 Å². The highest BCUT2D eigenvalue weighted by Gasteiger charge is 2.13. The lowest BCUT2D eigenvalue weighted by Crippen LogP contribution is -2.31. The van der Waals surface area contributed by atoms with Gasteiger partial charge in [0.2, 0.25) is 0 Å². The molecule has 2 heterocycles. The van der Waals surface area contributed by atoms with Gasteiger partial charge in [0.15, 0.2) is 0 Å². The minimum atomic E-state index is -0.230. The van der Waals surface area contributed by atoms with Crippen LogP contribution in [-0.4, -0.2) is 32.3 Å². The molecule has 0 radical (unpaired) electrons. The second-order valence-electron chi connectivity index (χ2n) is 5.10. The molecular formula is C15H22N6O. The molecule has 0 saturated heterocycles. The minimum absolute atomic E-state index is 0.230. The highest BCUT2D eigenvalue weighted by molar-refractivity contribution is 5.90. The first kappa shape index (κ1) is 15.9. The van der Waals surface area contributed by atoms with Crippen molar-refractivity contribution in [2.75, 3.05) is 11.9 Å². The highest BCUT2D eigenvalue weighted by atomic mass is 16.2. The molecule has 2 N–H and O–H groups in total. The summed E-state index contributed by atoms with van der Waals surface area (Å²) in [6.45, 7) is 7.32. The summed E-state index contributed by atoms with van der Waals surface area (Å²) in [5.74, 6) is 0. The van der Waals surface area contributed by atoms with Gasteiger partial charge in [-0.2, -0.15) is 5.10 Å². The van der Waals surface area contributed by atoms with Crippen LogP contribution in [0.3, 0.4) is 0 Å². The van der Waals surface area contributed by atoms with Crippen molar-refractivity contribution in [2.45, 2.75) is 40.2 Å². The number of hydrogen-bond acceptors (Lipinski definition) is 4. The molecule has 7 heteroatoms. The molecule has 0 bridgehead atoms. The zero-order valence-corrected chi connectivity index (χ0v) is 13.3. The second-order valence-corrected chi connectivity index (χ2v) is 5.10. The molecule has 0 aliphatic rings. The Morgan fingerprint density at radius 1 is 1.32 bits per heavy atom. The Balaban J connectivity index is 1.87. The SMILES string of the molecule is CCCn1nc(C)c(NC(=O)NCCc2cnccn2)c1C. The van der Waals surface area contributed by atoms with Crippen LogP contribution in [0, 0.1) is 13.8 Å². The van der Waals surface area contributed by atoms with E-state index < -0.39 is 0 Å². The minimum Gasteiger partial charge on any atom is -0.337 e. The Kier molecular flexibility index (Phi) is 5.46. The van der Waals surface area contributed by atoms with E-state index in [9.17, 15) is 4.79 Å². The van der Waals surface area contributed by atoms with Gasteiger partial charge in [0, 0.05) is 38.1 Å². The van der Waals surface area contributed by atoms with Crippen LogP contribution in [0.1, 0.15) is 30.4 Å². The lowest BCUT2D eigenvalue weighted by Gasteiger charge is -2.08. The van der Waals surface area contributed by atoms with Crippen molar-refractivity contribution >= 4 is 11.7 Å². The van der Waals surface area contributed by atoms with E-state index in [1.807, 2.05) is 18.5 Å². The number of anilines is 1. The van der Waals surface area contributed by atoms with Gasteiger partial charge >= 0.3 is 6.03 Å². The van der Waals surface area contributed by atoms with Gasteiger partial charge in [0.05, 0.1) is 22.8 Å². The van der Waals surface area contributed by atoms with E-state index in [0.29, 0.717) is 13.0 Å². The average Bonchev–Trinajstić information content (AvgIpc) is 2.76. The standard InChI is InChI=1S/C15H22N6O/c1-4-9-21-12(3)14(11(2)20-21)19-15(22)18-6-5-13-10-16-7-8-17-13/h7-8,10H,4-6,9H2,1-3H3,(H2,18,19,22). The van der Waals surface area contributed by atoms with Crippen LogP contribution in [0.4, 0.5) is 10.5 Å². The maximum absolute atomic E-state index is 12.0. The Morgan fingerprint density at radius 3 is 2.82 bits per heavy atom. The Hall–Kier alpha value is -2.44. The summed E-state index contributed by atoms with van der Waals surface area (Å²) in [6.07, 6.45) is 6.62. The fourth-order valence-electron chi connectivity index (χ4n) is 2.23. The number of aromatic nitrogens is 4. The number of nitrogens with zero attached hydrogens (tertiary/aromatic N) is 4. The van der Waals surface area contributed by atoms with Gasteiger partial charge < -0.3 is 10.6 Å². The number of carbonyl (C=O) groups is 1. The summed E-state index contributed by atoms with van der Waals surface area (Å²) < 4.78 is 1.92. The van der Waals surface area contributed by atoms with E-state index in [1.165, 1.54) is 0 Å². The van der Waals surface area contributed by atoms with Gasteiger partial charge in [-0.05, 0) is 20.3 Å². The van der Waals surface area contributed by atoms with Crippen LogP contribution in [0.15, 0.2) is 18.6 Å². The van der Waals surface area contributed by atoms with Gasteiger partial charge in [-0.3, -0.25) is 14.6 Å². The van der Waals surface area contributed by atoms with Crippen LogP contribution in [0.5, 0.6) is 0 Å². The normalized spacial score (nSPS) is 10.5. The highest BCUT2D eigenvalue weighted by Crippen LogP contribution is 2.19. The zero-order valence-electron chi connectivity index (χ0n) is 13.3. The Bertz CT molecular complexity index is 622. The van der Waals surface area contributed by atoms with Crippen LogP contribution >= 0.6 is 0 Å². The molecule has 0 aliphatic carbocycles. The molecular weight excluding hydrogens is 280 g/mol. The van der Waals surface area contributed by atoms with Crippen LogP contribution in [-0.2, 0) is 13.0 Å². The first-order valence-electron chi connectivity index (χ1n) is 7.45. The number of amides is 2. The average molecular weight is 302 g/mol. The van der Waals surface area contributed by atoms with Crippen LogP contribution in [0.2, 0.25) is 0 Å². The summed E-state index contributed by atoms with van der Waals surface area (Å²) in [5, 5.41) is 10.1. The predicted molar refractivity (Wildman–Crippen MR) is 84.7 cm³/mol. The predicted octanol–water partition coefficient (Wildman–Crippen LogP) is 2.06.